The molecule has 34 heavy (non-hydrogen) atoms. The first-order valence-electron chi connectivity index (χ1n) is 11.1. The standard InChI is InChI=1S/C27H24N4O2S/c1-19(25(32)29-23-15-7-5-13-21(23)18-28)34-27-30-24-16-8-6-14-22(24)26(33)31(27)17-9-12-20-10-3-2-4-11-20/h2-8,10-11,13-16,19H,9,12,17H2,1H3,(H,29,32). The van der Waals surface area contributed by atoms with Crippen molar-refractivity contribution in [2.24, 2.45) is 0 Å². The fourth-order valence-corrected chi connectivity index (χ4v) is 4.59. The number of nitrogens with zero attached hydrogens (tertiary/aromatic N) is 3. The highest BCUT2D eigenvalue weighted by atomic mass is 32.2. The Morgan fingerprint density at radius 2 is 1.76 bits per heavy atom. The molecule has 7 heteroatoms. The Bertz CT molecular complexity index is 1410. The molecule has 0 bridgehead atoms. The van der Waals surface area contributed by atoms with Crippen LogP contribution in [0.25, 0.3) is 10.9 Å². The van der Waals surface area contributed by atoms with Gasteiger partial charge in [0.25, 0.3) is 5.56 Å². The van der Waals surface area contributed by atoms with Crippen molar-refractivity contribution in [3.8, 4) is 6.07 Å². The van der Waals surface area contributed by atoms with E-state index >= 15 is 0 Å². The first-order valence-corrected chi connectivity index (χ1v) is 11.9. The van der Waals surface area contributed by atoms with Crippen LogP contribution in [0.15, 0.2) is 88.8 Å². The minimum atomic E-state index is -0.528. The summed E-state index contributed by atoms with van der Waals surface area (Å²) in [5.74, 6) is -0.258. The summed E-state index contributed by atoms with van der Waals surface area (Å²) in [6.45, 7) is 2.27. The second-order valence-electron chi connectivity index (χ2n) is 7.86. The lowest BCUT2D eigenvalue weighted by Gasteiger charge is -2.17. The maximum absolute atomic E-state index is 13.3. The number of hydrogen-bond donors (Lipinski definition) is 1. The van der Waals surface area contributed by atoms with Crippen LogP contribution in [-0.2, 0) is 17.8 Å². The minimum Gasteiger partial charge on any atom is -0.324 e. The zero-order valence-corrected chi connectivity index (χ0v) is 19.6. The van der Waals surface area contributed by atoms with E-state index in [4.69, 9.17) is 4.98 Å². The number of nitrogens with one attached hydrogen (secondary N) is 1. The van der Waals surface area contributed by atoms with E-state index in [0.29, 0.717) is 33.9 Å². The van der Waals surface area contributed by atoms with E-state index in [9.17, 15) is 14.9 Å². The third kappa shape index (κ3) is 5.36. The fourth-order valence-electron chi connectivity index (χ4n) is 3.66. The van der Waals surface area contributed by atoms with Crippen molar-refractivity contribution in [2.45, 2.75) is 36.7 Å². The summed E-state index contributed by atoms with van der Waals surface area (Å²) in [5, 5.41) is 12.6. The van der Waals surface area contributed by atoms with Gasteiger partial charge in [-0.05, 0) is 49.6 Å². The predicted molar refractivity (Wildman–Crippen MR) is 136 cm³/mol. The number of fused-ring (bicyclic) bond motifs is 1. The first kappa shape index (κ1) is 23.3. The lowest BCUT2D eigenvalue weighted by molar-refractivity contribution is -0.115. The number of carbonyl (C=O) groups excluding carboxylic acids is 1. The van der Waals surface area contributed by atoms with Crippen molar-refractivity contribution in [1.29, 1.82) is 5.26 Å². The van der Waals surface area contributed by atoms with Gasteiger partial charge < -0.3 is 5.32 Å². The number of thioether (sulfide) groups is 1. The van der Waals surface area contributed by atoms with E-state index in [1.54, 1.807) is 41.8 Å². The summed E-state index contributed by atoms with van der Waals surface area (Å²) in [7, 11) is 0. The SMILES string of the molecule is CC(Sc1nc2ccccc2c(=O)n1CCCc1ccccc1)C(=O)Nc1ccccc1C#N. The van der Waals surface area contributed by atoms with Gasteiger partial charge in [0.1, 0.15) is 6.07 Å². The number of nitriles is 1. The fraction of sp³-hybridized carbons (Fsp3) is 0.185. The summed E-state index contributed by atoms with van der Waals surface area (Å²) in [4.78, 5) is 30.9. The molecule has 4 rings (SSSR count). The van der Waals surface area contributed by atoms with Crippen molar-refractivity contribution in [3.05, 3.63) is 100 Å². The second-order valence-corrected chi connectivity index (χ2v) is 9.17. The number of aryl methyl sites for hydroxylation is 1. The van der Waals surface area contributed by atoms with Crippen molar-refractivity contribution in [3.63, 3.8) is 0 Å². The van der Waals surface area contributed by atoms with Gasteiger partial charge in [-0.2, -0.15) is 5.26 Å². The average Bonchev–Trinajstić information content (AvgIpc) is 2.86. The van der Waals surface area contributed by atoms with Gasteiger partial charge in [0.15, 0.2) is 5.16 Å². The maximum Gasteiger partial charge on any atom is 0.262 e. The van der Waals surface area contributed by atoms with Crippen LogP contribution in [0.1, 0.15) is 24.5 Å². The Balaban J connectivity index is 1.57. The van der Waals surface area contributed by atoms with E-state index in [1.165, 1.54) is 17.3 Å². The van der Waals surface area contributed by atoms with E-state index in [1.807, 2.05) is 36.4 Å². The molecule has 0 aliphatic heterocycles. The molecular formula is C27H24N4O2S. The van der Waals surface area contributed by atoms with Gasteiger partial charge in [0, 0.05) is 6.54 Å². The summed E-state index contributed by atoms with van der Waals surface area (Å²) in [5.41, 5.74) is 2.58. The molecule has 1 aromatic heterocycles. The summed E-state index contributed by atoms with van der Waals surface area (Å²) in [6, 6.07) is 26.4. The first-order chi connectivity index (χ1) is 16.6. The Morgan fingerprint density at radius 3 is 2.56 bits per heavy atom. The molecule has 1 heterocycles. The monoisotopic (exact) mass is 468 g/mol. The molecule has 4 aromatic rings. The maximum atomic E-state index is 13.3. The number of rotatable bonds is 8. The van der Waals surface area contributed by atoms with Crippen LogP contribution in [-0.4, -0.2) is 20.7 Å². The van der Waals surface area contributed by atoms with E-state index in [2.05, 4.69) is 23.5 Å². The van der Waals surface area contributed by atoms with Gasteiger partial charge in [-0.1, -0.05) is 66.4 Å². The highest BCUT2D eigenvalue weighted by molar-refractivity contribution is 8.00. The van der Waals surface area contributed by atoms with Gasteiger partial charge in [-0.15, -0.1) is 0 Å². The molecule has 0 spiro atoms. The highest BCUT2D eigenvalue weighted by Crippen LogP contribution is 2.25. The Morgan fingerprint density at radius 1 is 1.06 bits per heavy atom. The number of benzene rings is 3. The summed E-state index contributed by atoms with van der Waals surface area (Å²) >= 11 is 1.24. The number of hydrogen-bond acceptors (Lipinski definition) is 5. The molecule has 3 aromatic carbocycles. The number of aromatic nitrogens is 2. The molecule has 6 nitrogen and oxygen atoms in total. The molecule has 0 radical (unpaired) electrons. The molecule has 0 saturated heterocycles. The minimum absolute atomic E-state index is 0.108. The number of para-hydroxylation sites is 2. The number of anilines is 1. The van der Waals surface area contributed by atoms with E-state index < -0.39 is 5.25 Å². The van der Waals surface area contributed by atoms with Crippen LogP contribution >= 0.6 is 11.8 Å². The zero-order chi connectivity index (χ0) is 23.9. The smallest absolute Gasteiger partial charge is 0.262 e. The summed E-state index contributed by atoms with van der Waals surface area (Å²) in [6.07, 6.45) is 1.61. The highest BCUT2D eigenvalue weighted by Gasteiger charge is 2.20. The molecule has 1 amide bonds. The van der Waals surface area contributed by atoms with Gasteiger partial charge >= 0.3 is 0 Å². The van der Waals surface area contributed by atoms with E-state index in [-0.39, 0.29) is 11.5 Å². The zero-order valence-electron chi connectivity index (χ0n) is 18.8. The Labute approximate surface area is 202 Å². The molecule has 0 saturated carbocycles. The van der Waals surface area contributed by atoms with Crippen molar-refractivity contribution in [2.75, 3.05) is 5.32 Å². The molecule has 170 valence electrons. The van der Waals surface area contributed by atoms with Gasteiger partial charge in [0.05, 0.1) is 27.4 Å². The van der Waals surface area contributed by atoms with Crippen LogP contribution in [0.2, 0.25) is 0 Å². The summed E-state index contributed by atoms with van der Waals surface area (Å²) < 4.78 is 1.67. The Hall–Kier alpha value is -3.89. The molecular weight excluding hydrogens is 444 g/mol. The Kier molecular flexibility index (Phi) is 7.41. The molecule has 0 fully saturated rings. The quantitative estimate of drug-likeness (QED) is 0.290. The van der Waals surface area contributed by atoms with E-state index in [0.717, 1.165) is 12.8 Å². The van der Waals surface area contributed by atoms with Crippen LogP contribution in [0.5, 0.6) is 0 Å². The largest absolute Gasteiger partial charge is 0.324 e. The van der Waals surface area contributed by atoms with Crippen LogP contribution in [0.3, 0.4) is 0 Å². The molecule has 0 aliphatic rings. The van der Waals surface area contributed by atoms with Crippen LogP contribution in [0.4, 0.5) is 5.69 Å². The average molecular weight is 469 g/mol. The van der Waals surface area contributed by atoms with Crippen molar-refractivity contribution in [1.82, 2.24) is 9.55 Å². The van der Waals surface area contributed by atoms with Gasteiger partial charge in [-0.3, -0.25) is 14.2 Å². The predicted octanol–water partition coefficient (Wildman–Crippen LogP) is 5.02. The van der Waals surface area contributed by atoms with Crippen molar-refractivity contribution >= 4 is 34.3 Å². The normalized spacial score (nSPS) is 11.6. The molecule has 1 unspecified atom stereocenters. The molecule has 1 N–H and O–H groups in total. The third-order valence-electron chi connectivity index (χ3n) is 5.47. The topological polar surface area (TPSA) is 87.8 Å². The van der Waals surface area contributed by atoms with Crippen LogP contribution in [0, 0.1) is 11.3 Å². The molecule has 1 atom stereocenters. The lowest BCUT2D eigenvalue weighted by atomic mass is 10.1. The third-order valence-corrected chi connectivity index (χ3v) is 6.56. The van der Waals surface area contributed by atoms with Crippen LogP contribution < -0.4 is 10.9 Å². The second kappa shape index (κ2) is 10.8. The van der Waals surface area contributed by atoms with Crippen molar-refractivity contribution < 1.29 is 4.79 Å². The molecule has 0 aliphatic carbocycles. The lowest BCUT2D eigenvalue weighted by Crippen LogP contribution is -2.27. The van der Waals surface area contributed by atoms with Gasteiger partial charge in [-0.25, -0.2) is 4.98 Å². The number of carbonyl (C=O) groups is 1. The number of amides is 1. The van der Waals surface area contributed by atoms with Gasteiger partial charge in [0.2, 0.25) is 5.91 Å².